The zero-order chi connectivity index (χ0) is 11.3. The Kier molecular flexibility index (Phi) is 3.79. The largest absolute Gasteiger partial charge is 0.495 e. The smallest absolute Gasteiger partial charge is 0.411 e. The number of benzene rings is 1. The Morgan fingerprint density at radius 2 is 2.27 bits per heavy atom. The normalized spacial score (nSPS) is 9.47. The molecule has 15 heavy (non-hydrogen) atoms. The van der Waals surface area contributed by atoms with Gasteiger partial charge in [-0.1, -0.05) is 0 Å². The molecule has 0 aliphatic carbocycles. The van der Waals surface area contributed by atoms with Crippen molar-refractivity contribution < 1.29 is 14.3 Å². The molecule has 82 valence electrons. The molecule has 0 bridgehead atoms. The fraction of sp³-hybridized carbons (Fsp3) is 0.300. The predicted molar refractivity (Wildman–Crippen MR) is 58.1 cm³/mol. The van der Waals surface area contributed by atoms with Gasteiger partial charge in [0.1, 0.15) is 5.75 Å². The third-order valence-electron chi connectivity index (χ3n) is 1.75. The van der Waals surface area contributed by atoms with E-state index in [0.29, 0.717) is 23.7 Å². The number of nitrogens with two attached hydrogens (primary N) is 1. The van der Waals surface area contributed by atoms with Gasteiger partial charge in [-0.15, -0.1) is 0 Å². The number of nitrogen functional groups attached to an aromatic ring is 1. The second kappa shape index (κ2) is 5.09. The highest BCUT2D eigenvalue weighted by atomic mass is 16.5. The molecule has 1 aromatic rings. The number of methoxy groups -OCH3 is 1. The molecule has 0 saturated heterocycles. The lowest BCUT2D eigenvalue weighted by atomic mass is 10.2. The molecule has 0 fully saturated rings. The van der Waals surface area contributed by atoms with Crippen molar-refractivity contribution in [1.82, 2.24) is 0 Å². The van der Waals surface area contributed by atoms with Gasteiger partial charge in [0.25, 0.3) is 0 Å². The number of anilines is 2. The van der Waals surface area contributed by atoms with Crippen LogP contribution in [0.5, 0.6) is 5.75 Å². The third-order valence-corrected chi connectivity index (χ3v) is 1.75. The molecule has 0 aromatic heterocycles. The second-order valence-electron chi connectivity index (χ2n) is 2.80. The monoisotopic (exact) mass is 210 g/mol. The van der Waals surface area contributed by atoms with Crippen LogP contribution in [0, 0.1) is 0 Å². The van der Waals surface area contributed by atoms with Gasteiger partial charge < -0.3 is 15.2 Å². The van der Waals surface area contributed by atoms with Crippen molar-refractivity contribution in [2.24, 2.45) is 0 Å². The van der Waals surface area contributed by atoms with Crippen LogP contribution in [-0.4, -0.2) is 19.8 Å². The van der Waals surface area contributed by atoms with Crippen molar-refractivity contribution in [3.8, 4) is 5.75 Å². The average molecular weight is 210 g/mol. The van der Waals surface area contributed by atoms with Crippen LogP contribution in [0.25, 0.3) is 0 Å². The number of ether oxygens (including phenoxy) is 2. The highest BCUT2D eigenvalue weighted by Crippen LogP contribution is 2.24. The highest BCUT2D eigenvalue weighted by Gasteiger charge is 2.04. The van der Waals surface area contributed by atoms with Gasteiger partial charge in [0.2, 0.25) is 0 Å². The second-order valence-corrected chi connectivity index (χ2v) is 2.80. The van der Waals surface area contributed by atoms with Gasteiger partial charge in [0.05, 0.1) is 19.4 Å². The molecular weight excluding hydrogens is 196 g/mol. The Bertz CT molecular complexity index is 353. The number of hydrogen-bond acceptors (Lipinski definition) is 4. The van der Waals surface area contributed by atoms with E-state index in [1.165, 1.54) is 7.11 Å². The van der Waals surface area contributed by atoms with Crippen LogP contribution in [0.1, 0.15) is 6.92 Å². The maximum absolute atomic E-state index is 11.1. The van der Waals surface area contributed by atoms with Crippen LogP contribution in [0.4, 0.5) is 16.2 Å². The van der Waals surface area contributed by atoms with Gasteiger partial charge >= 0.3 is 6.09 Å². The molecule has 5 nitrogen and oxygen atoms in total. The minimum atomic E-state index is -0.498. The molecule has 1 amide bonds. The van der Waals surface area contributed by atoms with Crippen LogP contribution < -0.4 is 15.8 Å². The molecule has 0 aliphatic heterocycles. The van der Waals surface area contributed by atoms with Crippen molar-refractivity contribution >= 4 is 17.5 Å². The fourth-order valence-electron chi connectivity index (χ4n) is 1.10. The Hall–Kier alpha value is -1.91. The summed E-state index contributed by atoms with van der Waals surface area (Å²) in [5.41, 5.74) is 6.70. The Balaban J connectivity index is 2.71. The summed E-state index contributed by atoms with van der Waals surface area (Å²) in [6.45, 7) is 2.07. The van der Waals surface area contributed by atoms with E-state index in [1.807, 2.05) is 0 Å². The first kappa shape index (κ1) is 11.2. The molecule has 0 radical (unpaired) electrons. The highest BCUT2D eigenvalue weighted by molar-refractivity contribution is 5.85. The lowest BCUT2D eigenvalue weighted by molar-refractivity contribution is 0.168. The van der Waals surface area contributed by atoms with Crippen LogP contribution >= 0.6 is 0 Å². The molecule has 0 unspecified atom stereocenters. The molecular formula is C10H14N2O3. The summed E-state index contributed by atoms with van der Waals surface area (Å²) in [7, 11) is 1.53. The summed E-state index contributed by atoms with van der Waals surface area (Å²) in [5.74, 6) is 0.574. The van der Waals surface area contributed by atoms with E-state index in [9.17, 15) is 4.79 Å². The van der Waals surface area contributed by atoms with E-state index in [1.54, 1.807) is 25.1 Å². The lowest BCUT2D eigenvalue weighted by Gasteiger charge is -2.08. The predicted octanol–water partition coefficient (Wildman–Crippen LogP) is 1.85. The van der Waals surface area contributed by atoms with Crippen molar-refractivity contribution in [2.75, 3.05) is 24.8 Å². The van der Waals surface area contributed by atoms with Crippen LogP contribution in [0.2, 0.25) is 0 Å². The van der Waals surface area contributed by atoms with Crippen LogP contribution in [0.15, 0.2) is 18.2 Å². The van der Waals surface area contributed by atoms with E-state index < -0.39 is 6.09 Å². The minimum Gasteiger partial charge on any atom is -0.495 e. The van der Waals surface area contributed by atoms with E-state index in [2.05, 4.69) is 5.32 Å². The number of carbonyl (C=O) groups excluding carboxylic acids is 1. The van der Waals surface area contributed by atoms with Gasteiger partial charge in [0, 0.05) is 5.69 Å². The van der Waals surface area contributed by atoms with Gasteiger partial charge in [-0.05, 0) is 25.1 Å². The zero-order valence-corrected chi connectivity index (χ0v) is 8.74. The third kappa shape index (κ3) is 3.05. The molecule has 0 atom stereocenters. The maximum Gasteiger partial charge on any atom is 0.411 e. The van der Waals surface area contributed by atoms with Gasteiger partial charge in [0.15, 0.2) is 0 Å². The van der Waals surface area contributed by atoms with Crippen molar-refractivity contribution in [3.63, 3.8) is 0 Å². The molecule has 0 spiro atoms. The molecule has 1 aromatic carbocycles. The Labute approximate surface area is 88.2 Å². The number of nitrogens with one attached hydrogen (secondary N) is 1. The SMILES string of the molecule is CCOC(=O)Nc1ccc(OC)c(N)c1. The van der Waals surface area contributed by atoms with Crippen molar-refractivity contribution in [2.45, 2.75) is 6.92 Å². The van der Waals surface area contributed by atoms with Gasteiger partial charge in [-0.25, -0.2) is 4.79 Å². The Morgan fingerprint density at radius 1 is 1.53 bits per heavy atom. The zero-order valence-electron chi connectivity index (χ0n) is 8.74. The summed E-state index contributed by atoms with van der Waals surface area (Å²) < 4.78 is 9.70. The lowest BCUT2D eigenvalue weighted by Crippen LogP contribution is -2.13. The number of rotatable bonds is 3. The number of carbonyl (C=O) groups is 1. The van der Waals surface area contributed by atoms with Crippen LogP contribution in [0.3, 0.4) is 0 Å². The van der Waals surface area contributed by atoms with Crippen molar-refractivity contribution in [3.05, 3.63) is 18.2 Å². The van der Waals surface area contributed by atoms with Crippen LogP contribution in [-0.2, 0) is 4.74 Å². The van der Waals surface area contributed by atoms with Crippen molar-refractivity contribution in [1.29, 1.82) is 0 Å². The van der Waals surface area contributed by atoms with Gasteiger partial charge in [-0.3, -0.25) is 5.32 Å². The van der Waals surface area contributed by atoms with Gasteiger partial charge in [-0.2, -0.15) is 0 Å². The fourth-order valence-corrected chi connectivity index (χ4v) is 1.10. The molecule has 0 aliphatic rings. The summed E-state index contributed by atoms with van der Waals surface area (Å²) >= 11 is 0. The first-order valence-corrected chi connectivity index (χ1v) is 4.54. The summed E-state index contributed by atoms with van der Waals surface area (Å²) in [5, 5.41) is 2.54. The summed E-state index contributed by atoms with van der Waals surface area (Å²) in [6.07, 6.45) is -0.498. The first-order chi connectivity index (χ1) is 7.17. The minimum absolute atomic E-state index is 0.331. The molecule has 0 saturated carbocycles. The van der Waals surface area contributed by atoms with E-state index in [4.69, 9.17) is 15.2 Å². The summed E-state index contributed by atoms with van der Waals surface area (Å²) in [6, 6.07) is 4.97. The topological polar surface area (TPSA) is 73.6 Å². The molecule has 0 heterocycles. The van der Waals surface area contributed by atoms with E-state index in [0.717, 1.165) is 0 Å². The quantitative estimate of drug-likeness (QED) is 0.746. The molecule has 1 rings (SSSR count). The maximum atomic E-state index is 11.1. The molecule has 3 N–H and O–H groups in total. The molecule has 5 heteroatoms. The standard InChI is InChI=1S/C10H14N2O3/c1-3-15-10(13)12-7-4-5-9(14-2)8(11)6-7/h4-6H,3,11H2,1-2H3,(H,12,13). The Morgan fingerprint density at radius 3 is 2.80 bits per heavy atom. The average Bonchev–Trinajstić information content (AvgIpc) is 2.18. The number of hydrogen-bond donors (Lipinski definition) is 2. The summed E-state index contributed by atoms with van der Waals surface area (Å²) in [4.78, 5) is 11.1. The van der Waals surface area contributed by atoms with E-state index >= 15 is 0 Å². The number of amides is 1. The first-order valence-electron chi connectivity index (χ1n) is 4.54. The van der Waals surface area contributed by atoms with E-state index in [-0.39, 0.29) is 0 Å².